The smallest absolute Gasteiger partial charge is 0.341 e. The number of aromatic nitrogens is 1. The van der Waals surface area contributed by atoms with Crippen molar-refractivity contribution in [3.05, 3.63) is 41.7 Å². The van der Waals surface area contributed by atoms with Gasteiger partial charge in [-0.05, 0) is 47.7 Å². The zero-order chi connectivity index (χ0) is 20.9. The first-order chi connectivity index (χ1) is 13.3. The van der Waals surface area contributed by atoms with Crippen molar-refractivity contribution in [2.75, 3.05) is 13.2 Å². The van der Waals surface area contributed by atoms with Gasteiger partial charge in [0.05, 0.1) is 18.8 Å². The van der Waals surface area contributed by atoms with Gasteiger partial charge in [0.1, 0.15) is 5.69 Å². The van der Waals surface area contributed by atoms with Gasteiger partial charge in [0.2, 0.25) is 8.32 Å². The van der Waals surface area contributed by atoms with Crippen LogP contribution in [0.2, 0.25) is 16.6 Å². The highest BCUT2D eigenvalue weighted by molar-refractivity contribution is 6.77. The maximum Gasteiger partial charge on any atom is 0.341 e. The van der Waals surface area contributed by atoms with E-state index in [4.69, 9.17) is 9.16 Å². The second-order valence-corrected chi connectivity index (χ2v) is 13.5. The van der Waals surface area contributed by atoms with Crippen LogP contribution < -0.4 is 0 Å². The van der Waals surface area contributed by atoms with Crippen molar-refractivity contribution in [2.24, 2.45) is 0 Å². The van der Waals surface area contributed by atoms with E-state index in [1.165, 1.54) is 0 Å². The Balaban J connectivity index is 2.34. The third-order valence-electron chi connectivity index (χ3n) is 5.48. The molecule has 0 spiro atoms. The summed E-state index contributed by atoms with van der Waals surface area (Å²) in [4.78, 5) is 12.4. The molecule has 152 valence electrons. The number of esters is 1. The molecule has 0 radical (unpaired) electrons. The molecule has 0 bridgehead atoms. The van der Waals surface area contributed by atoms with Gasteiger partial charge >= 0.3 is 5.97 Å². The minimum absolute atomic E-state index is 0.340. The predicted molar refractivity (Wildman–Crippen MR) is 117 cm³/mol. The molecule has 2 aromatic rings. The maximum atomic E-state index is 12.4. The minimum atomic E-state index is -1.95. The molecule has 5 heteroatoms. The van der Waals surface area contributed by atoms with Crippen LogP contribution in [0.5, 0.6) is 0 Å². The minimum Gasteiger partial charge on any atom is -0.462 e. The summed E-state index contributed by atoms with van der Waals surface area (Å²) < 4.78 is 13.6. The zero-order valence-corrected chi connectivity index (χ0v) is 19.2. The Morgan fingerprint density at radius 1 is 1.11 bits per heavy atom. The largest absolute Gasteiger partial charge is 0.462 e. The van der Waals surface area contributed by atoms with Crippen molar-refractivity contribution in [3.8, 4) is 11.8 Å². The monoisotopic (exact) mass is 399 g/mol. The van der Waals surface area contributed by atoms with Gasteiger partial charge in [0, 0.05) is 11.7 Å². The fourth-order valence-corrected chi connectivity index (χ4v) is 9.72. The van der Waals surface area contributed by atoms with E-state index >= 15 is 0 Å². The summed E-state index contributed by atoms with van der Waals surface area (Å²) in [6.45, 7) is 16.1. The van der Waals surface area contributed by atoms with E-state index in [1.54, 1.807) is 6.92 Å². The van der Waals surface area contributed by atoms with Crippen LogP contribution in [-0.2, 0) is 9.16 Å². The Hall–Kier alpha value is -2.03. The molecule has 0 aromatic carbocycles. The van der Waals surface area contributed by atoms with Crippen molar-refractivity contribution in [1.29, 1.82) is 0 Å². The lowest BCUT2D eigenvalue weighted by molar-refractivity contribution is 0.0526. The van der Waals surface area contributed by atoms with Gasteiger partial charge in [-0.3, -0.25) is 0 Å². The highest BCUT2D eigenvalue weighted by Crippen LogP contribution is 2.42. The van der Waals surface area contributed by atoms with E-state index in [9.17, 15) is 4.79 Å². The Bertz CT molecular complexity index is 849. The van der Waals surface area contributed by atoms with Gasteiger partial charge in [0.25, 0.3) is 0 Å². The summed E-state index contributed by atoms with van der Waals surface area (Å²) in [5.74, 6) is 6.00. The SMILES string of the molecule is CCOC(=O)c1cc2ccccn2c1C#CCO[Si](C(C)C)(C(C)C)C(C)C. The van der Waals surface area contributed by atoms with Crippen LogP contribution >= 0.6 is 0 Å². The van der Waals surface area contributed by atoms with E-state index < -0.39 is 8.32 Å². The number of hydrogen-bond donors (Lipinski definition) is 0. The third-order valence-corrected chi connectivity index (χ3v) is 11.5. The van der Waals surface area contributed by atoms with E-state index in [0.717, 1.165) is 5.52 Å². The lowest BCUT2D eigenvalue weighted by atomic mass is 10.2. The Morgan fingerprint density at radius 3 is 2.32 bits per heavy atom. The molecule has 0 aliphatic carbocycles. The molecule has 0 amide bonds. The highest BCUT2D eigenvalue weighted by atomic mass is 28.4. The van der Waals surface area contributed by atoms with E-state index in [0.29, 0.717) is 41.1 Å². The number of hydrogen-bond acceptors (Lipinski definition) is 3. The van der Waals surface area contributed by atoms with Crippen LogP contribution in [0, 0.1) is 11.8 Å². The molecule has 4 nitrogen and oxygen atoms in total. The second-order valence-electron chi connectivity index (χ2n) is 8.03. The molecule has 0 saturated carbocycles. The summed E-state index contributed by atoms with van der Waals surface area (Å²) in [6.07, 6.45) is 1.92. The molecule has 28 heavy (non-hydrogen) atoms. The molecule has 0 saturated heterocycles. The summed E-state index contributed by atoms with van der Waals surface area (Å²) in [7, 11) is -1.95. The van der Waals surface area contributed by atoms with Crippen molar-refractivity contribution < 1.29 is 14.0 Å². The molecular weight excluding hydrogens is 366 g/mol. The molecule has 0 fully saturated rings. The fraction of sp³-hybridized carbons (Fsp3) is 0.522. The molecule has 0 aliphatic heterocycles. The van der Waals surface area contributed by atoms with Crippen LogP contribution in [0.4, 0.5) is 0 Å². The van der Waals surface area contributed by atoms with Gasteiger partial charge in [-0.2, -0.15) is 0 Å². The van der Waals surface area contributed by atoms with E-state index in [2.05, 4.69) is 53.4 Å². The van der Waals surface area contributed by atoms with Gasteiger partial charge in [-0.15, -0.1) is 0 Å². The average Bonchev–Trinajstić information content (AvgIpc) is 3.00. The molecule has 0 unspecified atom stereocenters. The number of carbonyl (C=O) groups is 1. The summed E-state index contributed by atoms with van der Waals surface area (Å²) in [5.41, 5.74) is 3.62. The topological polar surface area (TPSA) is 39.9 Å². The lowest BCUT2D eigenvalue weighted by Crippen LogP contribution is -2.47. The summed E-state index contributed by atoms with van der Waals surface area (Å²) in [6, 6.07) is 7.66. The first-order valence-electron chi connectivity index (χ1n) is 10.2. The number of pyridine rings is 1. The Kier molecular flexibility index (Phi) is 7.51. The van der Waals surface area contributed by atoms with Crippen LogP contribution in [0.1, 0.15) is 64.5 Å². The first kappa shape index (κ1) is 22.3. The fourth-order valence-electron chi connectivity index (χ4n) is 4.40. The number of carbonyl (C=O) groups excluding carboxylic acids is 1. The summed E-state index contributed by atoms with van der Waals surface area (Å²) >= 11 is 0. The van der Waals surface area contributed by atoms with Crippen LogP contribution in [0.3, 0.4) is 0 Å². The number of rotatable bonds is 7. The molecule has 0 atom stereocenters. The van der Waals surface area contributed by atoms with Gasteiger partial charge in [-0.25, -0.2) is 4.79 Å². The van der Waals surface area contributed by atoms with Gasteiger partial charge in [-0.1, -0.05) is 53.5 Å². The molecule has 0 aliphatic rings. The zero-order valence-electron chi connectivity index (χ0n) is 18.2. The third kappa shape index (κ3) is 4.34. The number of ether oxygens (including phenoxy) is 1. The maximum absolute atomic E-state index is 12.4. The van der Waals surface area contributed by atoms with Crippen molar-refractivity contribution in [3.63, 3.8) is 0 Å². The second kappa shape index (κ2) is 9.44. The molecule has 2 heterocycles. The van der Waals surface area contributed by atoms with Gasteiger partial charge < -0.3 is 13.6 Å². The van der Waals surface area contributed by atoms with Crippen molar-refractivity contribution >= 4 is 19.8 Å². The first-order valence-corrected chi connectivity index (χ1v) is 12.3. The van der Waals surface area contributed by atoms with Crippen LogP contribution in [0.25, 0.3) is 5.52 Å². The highest BCUT2D eigenvalue weighted by Gasteiger charge is 2.44. The number of nitrogens with zero attached hydrogens (tertiary/aromatic N) is 1. The molecule has 0 N–H and O–H groups in total. The normalized spacial score (nSPS) is 11.9. The number of fused-ring (bicyclic) bond motifs is 1. The van der Waals surface area contributed by atoms with Crippen molar-refractivity contribution in [1.82, 2.24) is 4.40 Å². The lowest BCUT2D eigenvalue weighted by Gasteiger charge is -2.41. The summed E-state index contributed by atoms with van der Waals surface area (Å²) in [5, 5.41) is 0. The Morgan fingerprint density at radius 2 is 1.75 bits per heavy atom. The Labute approximate surface area is 170 Å². The standard InChI is InChI=1S/C23H33NO3Si/c1-8-26-23(25)21-16-20-12-9-10-14-24(20)22(21)13-11-15-27-28(17(2)3,18(4)5)19(6)7/h9-10,12,14,16-19H,8,15H2,1-7H3. The molecule has 2 aromatic heterocycles. The quantitative estimate of drug-likeness (QED) is 0.343. The predicted octanol–water partition coefficient (Wildman–Crippen LogP) is 5.66. The van der Waals surface area contributed by atoms with E-state index in [-0.39, 0.29) is 5.97 Å². The van der Waals surface area contributed by atoms with Crippen molar-refractivity contribution in [2.45, 2.75) is 65.1 Å². The average molecular weight is 400 g/mol. The van der Waals surface area contributed by atoms with Crippen LogP contribution in [0.15, 0.2) is 30.5 Å². The van der Waals surface area contributed by atoms with Crippen LogP contribution in [-0.4, -0.2) is 31.9 Å². The van der Waals surface area contributed by atoms with Gasteiger partial charge in [0.15, 0.2) is 0 Å². The molecular formula is C23H33NO3Si. The van der Waals surface area contributed by atoms with E-state index in [1.807, 2.05) is 34.9 Å². The molecule has 2 rings (SSSR count).